The Morgan fingerprint density at radius 3 is 2.67 bits per heavy atom. The molecule has 0 aliphatic rings. The van der Waals surface area contributed by atoms with Gasteiger partial charge in [0.05, 0.1) is 7.11 Å². The van der Waals surface area contributed by atoms with E-state index in [0.29, 0.717) is 5.82 Å². The molecule has 94 valence electrons. The maximum absolute atomic E-state index is 5.69. The predicted molar refractivity (Wildman–Crippen MR) is 73.9 cm³/mol. The van der Waals surface area contributed by atoms with Crippen LogP contribution in [0.25, 0.3) is 0 Å². The highest BCUT2D eigenvalue weighted by Crippen LogP contribution is 2.28. The fourth-order valence-electron chi connectivity index (χ4n) is 2.09. The van der Waals surface area contributed by atoms with Crippen LogP contribution < -0.4 is 10.5 Å². The van der Waals surface area contributed by atoms with Crippen LogP contribution in [-0.4, -0.2) is 12.1 Å². The Balaban J connectivity index is 2.37. The molecule has 0 fully saturated rings. The molecule has 3 heteroatoms. The quantitative estimate of drug-likeness (QED) is 0.900. The average molecular weight is 242 g/mol. The zero-order valence-corrected chi connectivity index (χ0v) is 11.0. The summed E-state index contributed by atoms with van der Waals surface area (Å²) in [4.78, 5) is 4.00. The Labute approximate surface area is 108 Å². The molecule has 0 aliphatic heterocycles. The van der Waals surface area contributed by atoms with E-state index in [1.807, 2.05) is 12.1 Å². The zero-order valence-electron chi connectivity index (χ0n) is 11.0. The molecule has 0 bridgehead atoms. The van der Waals surface area contributed by atoms with Crippen molar-refractivity contribution in [3.63, 3.8) is 0 Å². The van der Waals surface area contributed by atoms with Crippen LogP contribution in [-0.2, 0) is 6.42 Å². The molecule has 0 unspecified atom stereocenters. The van der Waals surface area contributed by atoms with Crippen molar-refractivity contribution in [3.05, 3.63) is 52.7 Å². The van der Waals surface area contributed by atoms with Crippen molar-refractivity contribution in [2.75, 3.05) is 12.8 Å². The Morgan fingerprint density at radius 2 is 2.00 bits per heavy atom. The van der Waals surface area contributed by atoms with E-state index in [1.54, 1.807) is 13.3 Å². The van der Waals surface area contributed by atoms with Crippen molar-refractivity contribution in [2.24, 2.45) is 0 Å². The van der Waals surface area contributed by atoms with E-state index >= 15 is 0 Å². The van der Waals surface area contributed by atoms with Gasteiger partial charge in [0.2, 0.25) is 0 Å². The summed E-state index contributed by atoms with van der Waals surface area (Å²) in [7, 11) is 1.71. The first kappa shape index (κ1) is 12.4. The number of hydrogen-bond acceptors (Lipinski definition) is 3. The van der Waals surface area contributed by atoms with Gasteiger partial charge in [0.15, 0.2) is 0 Å². The van der Waals surface area contributed by atoms with Crippen LogP contribution in [0.4, 0.5) is 5.82 Å². The second-order valence-electron chi connectivity index (χ2n) is 4.47. The molecule has 1 aromatic heterocycles. The summed E-state index contributed by atoms with van der Waals surface area (Å²) in [5.74, 6) is 1.51. The molecule has 0 radical (unpaired) electrons. The van der Waals surface area contributed by atoms with Crippen molar-refractivity contribution < 1.29 is 4.74 Å². The first-order chi connectivity index (χ1) is 8.61. The number of methoxy groups -OCH3 is 1. The van der Waals surface area contributed by atoms with E-state index in [4.69, 9.17) is 10.5 Å². The van der Waals surface area contributed by atoms with Crippen molar-refractivity contribution in [2.45, 2.75) is 20.3 Å². The molecular weight excluding hydrogens is 224 g/mol. The second kappa shape index (κ2) is 5.08. The molecule has 2 N–H and O–H groups in total. The molecule has 1 heterocycles. The summed E-state index contributed by atoms with van der Waals surface area (Å²) >= 11 is 0. The molecule has 0 amide bonds. The fourth-order valence-corrected chi connectivity index (χ4v) is 2.09. The first-order valence-electron chi connectivity index (χ1n) is 5.95. The van der Waals surface area contributed by atoms with E-state index in [2.05, 4.69) is 31.0 Å². The summed E-state index contributed by atoms with van der Waals surface area (Å²) in [6.45, 7) is 4.17. The number of aryl methyl sites for hydroxylation is 1. The summed E-state index contributed by atoms with van der Waals surface area (Å²) in [5, 5.41) is 0. The van der Waals surface area contributed by atoms with Crippen LogP contribution in [0.15, 0.2) is 30.5 Å². The van der Waals surface area contributed by atoms with Crippen LogP contribution in [0.3, 0.4) is 0 Å². The number of aromatic nitrogens is 1. The van der Waals surface area contributed by atoms with Gasteiger partial charge in [-0.1, -0.05) is 12.1 Å². The standard InChI is InChI=1S/C15H18N2O/c1-10-4-5-13(15(18-3)11(10)2)8-12-6-7-17-14(16)9-12/h4-7,9H,8H2,1-3H3,(H2,16,17). The monoisotopic (exact) mass is 242 g/mol. The van der Waals surface area contributed by atoms with Crippen LogP contribution in [0, 0.1) is 13.8 Å². The lowest BCUT2D eigenvalue weighted by atomic mass is 9.99. The van der Waals surface area contributed by atoms with Crippen molar-refractivity contribution >= 4 is 5.82 Å². The van der Waals surface area contributed by atoms with Crippen LogP contribution in [0.1, 0.15) is 22.3 Å². The number of nitrogens with two attached hydrogens (primary N) is 1. The number of nitrogens with zero attached hydrogens (tertiary/aromatic N) is 1. The van der Waals surface area contributed by atoms with Gasteiger partial charge in [0.25, 0.3) is 0 Å². The summed E-state index contributed by atoms with van der Waals surface area (Å²) in [5.41, 5.74) is 10.4. The highest BCUT2D eigenvalue weighted by atomic mass is 16.5. The summed E-state index contributed by atoms with van der Waals surface area (Å²) in [6.07, 6.45) is 2.54. The van der Waals surface area contributed by atoms with Gasteiger partial charge >= 0.3 is 0 Å². The Bertz CT molecular complexity index is 564. The van der Waals surface area contributed by atoms with Crippen molar-refractivity contribution in [3.8, 4) is 5.75 Å². The number of rotatable bonds is 3. The van der Waals surface area contributed by atoms with Crippen LogP contribution in [0.5, 0.6) is 5.75 Å². The minimum atomic E-state index is 0.551. The van der Waals surface area contributed by atoms with Gasteiger partial charge in [-0.25, -0.2) is 4.98 Å². The van der Waals surface area contributed by atoms with Gasteiger partial charge in [-0.05, 0) is 48.2 Å². The molecule has 2 rings (SSSR count). The van der Waals surface area contributed by atoms with Crippen molar-refractivity contribution in [1.82, 2.24) is 4.98 Å². The lowest BCUT2D eigenvalue weighted by molar-refractivity contribution is 0.407. The molecule has 18 heavy (non-hydrogen) atoms. The average Bonchev–Trinajstić information content (AvgIpc) is 2.34. The zero-order chi connectivity index (χ0) is 13.1. The normalized spacial score (nSPS) is 10.4. The van der Waals surface area contributed by atoms with Gasteiger partial charge in [0.1, 0.15) is 11.6 Å². The first-order valence-corrected chi connectivity index (χ1v) is 5.95. The van der Waals surface area contributed by atoms with Gasteiger partial charge in [-0.2, -0.15) is 0 Å². The number of benzene rings is 1. The molecule has 0 aliphatic carbocycles. The maximum Gasteiger partial charge on any atom is 0.125 e. The molecule has 3 nitrogen and oxygen atoms in total. The molecular formula is C15H18N2O. The van der Waals surface area contributed by atoms with Crippen LogP contribution in [0.2, 0.25) is 0 Å². The maximum atomic E-state index is 5.69. The van der Waals surface area contributed by atoms with Crippen LogP contribution >= 0.6 is 0 Å². The van der Waals surface area contributed by atoms with E-state index in [9.17, 15) is 0 Å². The molecule has 1 aromatic carbocycles. The summed E-state index contributed by atoms with van der Waals surface area (Å²) in [6, 6.07) is 8.11. The lowest BCUT2D eigenvalue weighted by Gasteiger charge is -2.13. The van der Waals surface area contributed by atoms with E-state index in [0.717, 1.165) is 17.7 Å². The fraction of sp³-hybridized carbons (Fsp3) is 0.267. The van der Waals surface area contributed by atoms with E-state index in [1.165, 1.54) is 16.7 Å². The predicted octanol–water partition coefficient (Wildman–Crippen LogP) is 2.88. The molecule has 2 aromatic rings. The summed E-state index contributed by atoms with van der Waals surface area (Å²) < 4.78 is 5.51. The van der Waals surface area contributed by atoms with Crippen molar-refractivity contribution in [1.29, 1.82) is 0 Å². The number of nitrogen functional groups attached to an aromatic ring is 1. The SMILES string of the molecule is COc1c(Cc2ccnc(N)c2)ccc(C)c1C. The number of pyridine rings is 1. The minimum absolute atomic E-state index is 0.551. The third-order valence-electron chi connectivity index (χ3n) is 3.20. The number of hydrogen-bond donors (Lipinski definition) is 1. The number of anilines is 1. The Morgan fingerprint density at radius 1 is 1.22 bits per heavy atom. The third-order valence-corrected chi connectivity index (χ3v) is 3.20. The van der Waals surface area contributed by atoms with E-state index < -0.39 is 0 Å². The minimum Gasteiger partial charge on any atom is -0.496 e. The van der Waals surface area contributed by atoms with Gasteiger partial charge in [0, 0.05) is 12.6 Å². The highest BCUT2D eigenvalue weighted by Gasteiger charge is 2.09. The van der Waals surface area contributed by atoms with E-state index in [-0.39, 0.29) is 0 Å². The molecule has 0 spiro atoms. The topological polar surface area (TPSA) is 48.1 Å². The second-order valence-corrected chi connectivity index (χ2v) is 4.47. The highest BCUT2D eigenvalue weighted by molar-refractivity contribution is 5.47. The Kier molecular flexibility index (Phi) is 3.51. The molecule has 0 saturated carbocycles. The lowest BCUT2D eigenvalue weighted by Crippen LogP contribution is -1.99. The smallest absolute Gasteiger partial charge is 0.125 e. The molecule has 0 saturated heterocycles. The number of ether oxygens (including phenoxy) is 1. The Hall–Kier alpha value is -2.03. The van der Waals surface area contributed by atoms with Gasteiger partial charge < -0.3 is 10.5 Å². The van der Waals surface area contributed by atoms with Gasteiger partial charge in [-0.15, -0.1) is 0 Å². The van der Waals surface area contributed by atoms with Gasteiger partial charge in [-0.3, -0.25) is 0 Å². The molecule has 0 atom stereocenters. The third kappa shape index (κ3) is 2.45. The largest absolute Gasteiger partial charge is 0.496 e.